The summed E-state index contributed by atoms with van der Waals surface area (Å²) in [6.07, 6.45) is 1.97. The van der Waals surface area contributed by atoms with Gasteiger partial charge in [0, 0.05) is 10.5 Å². The maximum atomic E-state index is 13.6. The number of amides is 1. The van der Waals surface area contributed by atoms with Crippen LogP contribution in [-0.2, 0) is 0 Å². The average Bonchev–Trinajstić information content (AvgIpc) is 3.03. The lowest BCUT2D eigenvalue weighted by atomic mass is 10.2. The van der Waals surface area contributed by atoms with Crippen LogP contribution in [0, 0.1) is 5.82 Å². The number of benzene rings is 2. The fourth-order valence-electron chi connectivity index (χ4n) is 1.96. The summed E-state index contributed by atoms with van der Waals surface area (Å²) >= 11 is 1.59. The van der Waals surface area contributed by atoms with Crippen molar-refractivity contribution in [2.75, 3.05) is 11.6 Å². The molecule has 0 radical (unpaired) electrons. The highest BCUT2D eigenvalue weighted by atomic mass is 32.2. The molecule has 3 rings (SSSR count). The van der Waals surface area contributed by atoms with Crippen molar-refractivity contribution >= 4 is 23.7 Å². The highest BCUT2D eigenvalue weighted by Gasteiger charge is 2.15. The summed E-state index contributed by atoms with van der Waals surface area (Å²) in [7, 11) is 0. The maximum Gasteiger partial charge on any atom is 0.322 e. The van der Waals surface area contributed by atoms with Crippen molar-refractivity contribution in [3.05, 3.63) is 59.9 Å². The zero-order chi connectivity index (χ0) is 16.2. The first kappa shape index (κ1) is 15.2. The van der Waals surface area contributed by atoms with Crippen LogP contribution in [0.2, 0.25) is 0 Å². The second-order valence-corrected chi connectivity index (χ2v) is 5.46. The zero-order valence-corrected chi connectivity index (χ0v) is 12.9. The van der Waals surface area contributed by atoms with Gasteiger partial charge in [-0.1, -0.05) is 23.3 Å². The quantitative estimate of drug-likeness (QED) is 0.736. The molecule has 116 valence electrons. The van der Waals surface area contributed by atoms with Crippen LogP contribution in [0.1, 0.15) is 10.4 Å². The second kappa shape index (κ2) is 6.62. The minimum atomic E-state index is -0.642. The Morgan fingerprint density at radius 3 is 2.78 bits per heavy atom. The summed E-state index contributed by atoms with van der Waals surface area (Å²) in [5.41, 5.74) is 0.660. The number of nitrogens with one attached hydrogen (secondary N) is 1. The van der Waals surface area contributed by atoms with E-state index in [-0.39, 0.29) is 17.5 Å². The molecule has 1 N–H and O–H groups in total. The van der Waals surface area contributed by atoms with Crippen LogP contribution in [0.3, 0.4) is 0 Å². The molecule has 0 atom stereocenters. The molecule has 0 unspecified atom stereocenters. The Labute approximate surface area is 135 Å². The van der Waals surface area contributed by atoms with Gasteiger partial charge in [0.2, 0.25) is 5.89 Å². The molecule has 2 aromatic carbocycles. The van der Waals surface area contributed by atoms with Crippen LogP contribution in [0.5, 0.6) is 0 Å². The van der Waals surface area contributed by atoms with Crippen LogP contribution in [0.15, 0.2) is 57.8 Å². The monoisotopic (exact) mass is 329 g/mol. The first-order valence-electron chi connectivity index (χ1n) is 6.71. The van der Waals surface area contributed by atoms with Crippen LogP contribution in [-0.4, -0.2) is 22.4 Å². The van der Waals surface area contributed by atoms with Gasteiger partial charge in [-0.15, -0.1) is 16.9 Å². The highest BCUT2D eigenvalue weighted by molar-refractivity contribution is 7.98. The van der Waals surface area contributed by atoms with E-state index in [9.17, 15) is 9.18 Å². The van der Waals surface area contributed by atoms with E-state index >= 15 is 0 Å². The third-order valence-corrected chi connectivity index (χ3v) is 3.81. The molecule has 1 amide bonds. The average molecular weight is 329 g/mol. The normalized spacial score (nSPS) is 10.5. The molecule has 5 nitrogen and oxygen atoms in total. The van der Waals surface area contributed by atoms with Gasteiger partial charge in [0.25, 0.3) is 5.91 Å². The third kappa shape index (κ3) is 3.40. The Kier molecular flexibility index (Phi) is 4.38. The van der Waals surface area contributed by atoms with Crippen molar-refractivity contribution < 1.29 is 13.6 Å². The summed E-state index contributed by atoms with van der Waals surface area (Å²) < 4.78 is 19.0. The molecule has 0 saturated carbocycles. The van der Waals surface area contributed by atoms with Crippen molar-refractivity contribution in [3.8, 4) is 11.5 Å². The van der Waals surface area contributed by atoms with Crippen molar-refractivity contribution in [2.45, 2.75) is 4.90 Å². The largest absolute Gasteiger partial charge is 0.403 e. The topological polar surface area (TPSA) is 68.0 Å². The molecule has 0 fully saturated rings. The standard InChI is InChI=1S/C16H12FN3O2S/c1-23-11-6-4-5-10(9-11)15-19-20-16(22-15)18-14(21)12-7-2-3-8-13(12)17/h2-9H,1H3,(H,18,20,21). The number of hydrogen-bond donors (Lipinski definition) is 1. The number of anilines is 1. The van der Waals surface area contributed by atoms with E-state index in [1.807, 2.05) is 30.5 Å². The number of hydrogen-bond acceptors (Lipinski definition) is 5. The Morgan fingerprint density at radius 2 is 2.00 bits per heavy atom. The van der Waals surface area contributed by atoms with Gasteiger partial charge in [-0.25, -0.2) is 4.39 Å². The van der Waals surface area contributed by atoms with Gasteiger partial charge in [-0.05, 0) is 36.6 Å². The molecule has 0 spiro atoms. The van der Waals surface area contributed by atoms with Gasteiger partial charge < -0.3 is 4.42 Å². The molecule has 3 aromatic rings. The molecule has 23 heavy (non-hydrogen) atoms. The molecule has 0 aliphatic heterocycles. The number of thioether (sulfide) groups is 1. The smallest absolute Gasteiger partial charge is 0.322 e. The Balaban J connectivity index is 1.79. The minimum Gasteiger partial charge on any atom is -0.403 e. The lowest BCUT2D eigenvalue weighted by Gasteiger charge is -2.01. The zero-order valence-electron chi connectivity index (χ0n) is 12.1. The van der Waals surface area contributed by atoms with Gasteiger partial charge in [-0.2, -0.15) is 0 Å². The van der Waals surface area contributed by atoms with E-state index in [2.05, 4.69) is 15.5 Å². The molecule has 0 saturated heterocycles. The summed E-state index contributed by atoms with van der Waals surface area (Å²) in [4.78, 5) is 13.1. The number of nitrogens with zero attached hydrogens (tertiary/aromatic N) is 2. The van der Waals surface area contributed by atoms with Gasteiger partial charge in [0.15, 0.2) is 0 Å². The third-order valence-electron chi connectivity index (χ3n) is 3.08. The molecular weight excluding hydrogens is 317 g/mol. The van der Waals surface area contributed by atoms with Crippen molar-refractivity contribution in [1.82, 2.24) is 10.2 Å². The Bertz CT molecular complexity index is 851. The molecule has 0 bridgehead atoms. The van der Waals surface area contributed by atoms with Crippen LogP contribution >= 0.6 is 11.8 Å². The first-order chi connectivity index (χ1) is 11.2. The highest BCUT2D eigenvalue weighted by Crippen LogP contribution is 2.24. The number of rotatable bonds is 4. The second-order valence-electron chi connectivity index (χ2n) is 4.58. The number of carbonyl (C=O) groups excluding carboxylic acids is 1. The Morgan fingerprint density at radius 1 is 1.17 bits per heavy atom. The van der Waals surface area contributed by atoms with Gasteiger partial charge >= 0.3 is 6.01 Å². The summed E-state index contributed by atoms with van der Waals surface area (Å²) in [6, 6.07) is 13.2. The number of carbonyl (C=O) groups is 1. The maximum absolute atomic E-state index is 13.6. The van der Waals surface area contributed by atoms with E-state index in [4.69, 9.17) is 4.42 Å². The van der Waals surface area contributed by atoms with Crippen LogP contribution in [0.25, 0.3) is 11.5 Å². The van der Waals surface area contributed by atoms with Crippen molar-refractivity contribution in [3.63, 3.8) is 0 Å². The van der Waals surface area contributed by atoms with Gasteiger partial charge in [-0.3, -0.25) is 10.1 Å². The lowest BCUT2D eigenvalue weighted by molar-refractivity contribution is 0.102. The van der Waals surface area contributed by atoms with E-state index in [0.29, 0.717) is 0 Å². The fourth-order valence-corrected chi connectivity index (χ4v) is 2.42. The number of aromatic nitrogens is 2. The Hall–Kier alpha value is -2.67. The SMILES string of the molecule is CSc1cccc(-c2nnc(NC(=O)c3ccccc3F)o2)c1. The molecular formula is C16H12FN3O2S. The van der Waals surface area contributed by atoms with Crippen LogP contribution < -0.4 is 5.32 Å². The molecule has 0 aliphatic rings. The lowest BCUT2D eigenvalue weighted by Crippen LogP contribution is -2.13. The molecule has 7 heteroatoms. The summed E-state index contributed by atoms with van der Waals surface area (Å²) in [5.74, 6) is -0.974. The van der Waals surface area contributed by atoms with Crippen LogP contribution in [0.4, 0.5) is 10.4 Å². The number of halogens is 1. The van der Waals surface area contributed by atoms with E-state index < -0.39 is 11.7 Å². The van der Waals surface area contributed by atoms with E-state index in [1.54, 1.807) is 17.8 Å². The van der Waals surface area contributed by atoms with Crippen molar-refractivity contribution in [2.24, 2.45) is 0 Å². The summed E-state index contributed by atoms with van der Waals surface area (Å²) in [6.45, 7) is 0. The fraction of sp³-hybridized carbons (Fsp3) is 0.0625. The van der Waals surface area contributed by atoms with E-state index in [0.717, 1.165) is 10.5 Å². The predicted molar refractivity (Wildman–Crippen MR) is 85.9 cm³/mol. The van der Waals surface area contributed by atoms with Gasteiger partial charge in [0.1, 0.15) is 5.82 Å². The van der Waals surface area contributed by atoms with Crippen molar-refractivity contribution in [1.29, 1.82) is 0 Å². The van der Waals surface area contributed by atoms with E-state index in [1.165, 1.54) is 18.2 Å². The molecule has 1 heterocycles. The first-order valence-corrected chi connectivity index (χ1v) is 7.93. The minimum absolute atomic E-state index is 0.0807. The molecule has 0 aliphatic carbocycles. The molecule has 1 aromatic heterocycles. The van der Waals surface area contributed by atoms with Gasteiger partial charge in [0.05, 0.1) is 5.56 Å². The summed E-state index contributed by atoms with van der Waals surface area (Å²) in [5, 5.41) is 10.1. The predicted octanol–water partition coefficient (Wildman–Crippen LogP) is 3.85.